The normalized spacial score (nSPS) is 19.5. The van der Waals surface area contributed by atoms with Gasteiger partial charge in [0.2, 0.25) is 5.91 Å². The molecule has 1 amide bonds. The minimum atomic E-state index is 0.129. The largest absolute Gasteiger partial charge is 0.497 e. The van der Waals surface area contributed by atoms with Gasteiger partial charge in [0.25, 0.3) is 0 Å². The molecule has 90 valence electrons. The Kier molecular flexibility index (Phi) is 3.52. The van der Waals surface area contributed by atoms with Crippen molar-refractivity contribution >= 4 is 27.5 Å². The van der Waals surface area contributed by atoms with Gasteiger partial charge in [-0.1, -0.05) is 6.08 Å². The molecule has 0 bridgehead atoms. The number of benzene rings is 1. The van der Waals surface area contributed by atoms with Gasteiger partial charge in [0, 0.05) is 29.4 Å². The van der Waals surface area contributed by atoms with E-state index in [-0.39, 0.29) is 11.8 Å². The lowest BCUT2D eigenvalue weighted by molar-refractivity contribution is -0.117. The van der Waals surface area contributed by atoms with Crippen molar-refractivity contribution in [2.75, 3.05) is 18.6 Å². The van der Waals surface area contributed by atoms with Crippen LogP contribution >= 0.6 is 15.9 Å². The molecular weight excluding hydrogens is 282 g/mol. The van der Waals surface area contributed by atoms with Crippen molar-refractivity contribution in [2.24, 2.45) is 5.92 Å². The lowest BCUT2D eigenvalue weighted by atomic mass is 10.1. The molecule has 1 atom stereocenters. The third-order valence-electron chi connectivity index (χ3n) is 2.93. The second-order valence-corrected chi connectivity index (χ2v) is 4.88. The van der Waals surface area contributed by atoms with E-state index >= 15 is 0 Å². The Morgan fingerprint density at radius 3 is 2.94 bits per heavy atom. The fraction of sp³-hybridized carbons (Fsp3) is 0.308. The highest BCUT2D eigenvalue weighted by molar-refractivity contribution is 9.10. The average Bonchev–Trinajstić information content (AvgIpc) is 2.71. The zero-order valence-electron chi connectivity index (χ0n) is 9.65. The number of carbonyl (C=O) groups excluding carboxylic acids is 1. The number of amides is 1. The summed E-state index contributed by atoms with van der Waals surface area (Å²) in [5.41, 5.74) is 0.860. The van der Waals surface area contributed by atoms with E-state index in [1.165, 1.54) is 0 Å². The summed E-state index contributed by atoms with van der Waals surface area (Å²) in [6.07, 6.45) is 2.37. The molecule has 0 aromatic heterocycles. The summed E-state index contributed by atoms with van der Waals surface area (Å²) in [4.78, 5) is 13.7. The molecule has 1 aromatic carbocycles. The van der Waals surface area contributed by atoms with Crippen molar-refractivity contribution in [3.8, 4) is 5.75 Å². The molecule has 1 aliphatic rings. The molecular formula is C13H14BrNO2. The maximum Gasteiger partial charge on any atom is 0.227 e. The predicted octanol–water partition coefficient (Wildman–Crippen LogP) is 3.00. The smallest absolute Gasteiger partial charge is 0.227 e. The van der Waals surface area contributed by atoms with Gasteiger partial charge in [0.05, 0.1) is 12.8 Å². The lowest BCUT2D eigenvalue weighted by Crippen LogP contribution is -2.24. The van der Waals surface area contributed by atoms with Crippen LogP contribution in [-0.2, 0) is 4.79 Å². The molecule has 0 spiro atoms. The number of halogens is 1. The second kappa shape index (κ2) is 4.92. The molecule has 1 heterocycles. The zero-order valence-corrected chi connectivity index (χ0v) is 11.2. The van der Waals surface area contributed by atoms with Gasteiger partial charge < -0.3 is 9.64 Å². The Hall–Kier alpha value is -1.29. The Morgan fingerprint density at radius 2 is 2.35 bits per heavy atom. The minimum Gasteiger partial charge on any atom is -0.497 e. The third-order valence-corrected chi connectivity index (χ3v) is 3.60. The highest BCUT2D eigenvalue weighted by Gasteiger charge is 2.29. The first-order valence-corrected chi connectivity index (χ1v) is 6.21. The van der Waals surface area contributed by atoms with E-state index in [1.807, 2.05) is 24.3 Å². The lowest BCUT2D eigenvalue weighted by Gasteiger charge is -2.18. The first-order chi connectivity index (χ1) is 8.15. The van der Waals surface area contributed by atoms with E-state index in [9.17, 15) is 4.79 Å². The van der Waals surface area contributed by atoms with Crippen LogP contribution in [-0.4, -0.2) is 19.6 Å². The Labute approximate surface area is 109 Å². The first-order valence-electron chi connectivity index (χ1n) is 5.42. The van der Waals surface area contributed by atoms with Crippen LogP contribution in [0.15, 0.2) is 35.3 Å². The summed E-state index contributed by atoms with van der Waals surface area (Å²) >= 11 is 3.46. The van der Waals surface area contributed by atoms with Gasteiger partial charge in [-0.15, -0.1) is 6.58 Å². The number of hydrogen-bond acceptors (Lipinski definition) is 2. The van der Waals surface area contributed by atoms with E-state index in [0.29, 0.717) is 13.0 Å². The molecule has 2 rings (SSSR count). The summed E-state index contributed by atoms with van der Waals surface area (Å²) in [5.74, 6) is 1.11. The number of anilines is 1. The molecule has 4 heteroatoms. The highest BCUT2D eigenvalue weighted by atomic mass is 79.9. The Morgan fingerprint density at radius 1 is 1.59 bits per heavy atom. The zero-order chi connectivity index (χ0) is 12.4. The number of rotatable bonds is 3. The molecule has 17 heavy (non-hydrogen) atoms. The maximum atomic E-state index is 11.9. The van der Waals surface area contributed by atoms with Gasteiger partial charge in [-0.3, -0.25) is 4.79 Å². The maximum absolute atomic E-state index is 11.9. The molecule has 0 N–H and O–H groups in total. The first kappa shape index (κ1) is 12.2. The fourth-order valence-corrected chi connectivity index (χ4v) is 2.41. The van der Waals surface area contributed by atoms with Gasteiger partial charge in [-0.05, 0) is 28.1 Å². The van der Waals surface area contributed by atoms with E-state index in [2.05, 4.69) is 22.5 Å². The quantitative estimate of drug-likeness (QED) is 0.803. The van der Waals surface area contributed by atoms with Crippen molar-refractivity contribution in [2.45, 2.75) is 6.42 Å². The number of methoxy groups -OCH3 is 1. The van der Waals surface area contributed by atoms with Crippen LogP contribution in [0.3, 0.4) is 0 Å². The van der Waals surface area contributed by atoms with Gasteiger partial charge in [-0.25, -0.2) is 0 Å². The van der Waals surface area contributed by atoms with Crippen LogP contribution in [0, 0.1) is 5.92 Å². The van der Waals surface area contributed by atoms with Crippen molar-refractivity contribution in [3.63, 3.8) is 0 Å². The summed E-state index contributed by atoms with van der Waals surface area (Å²) in [6.45, 7) is 4.43. The van der Waals surface area contributed by atoms with Gasteiger partial charge in [0.1, 0.15) is 5.75 Å². The van der Waals surface area contributed by atoms with E-state index in [4.69, 9.17) is 4.74 Å². The Bertz CT molecular complexity index is 459. The molecule has 0 aliphatic carbocycles. The van der Waals surface area contributed by atoms with Gasteiger partial charge >= 0.3 is 0 Å². The van der Waals surface area contributed by atoms with Crippen molar-refractivity contribution in [1.29, 1.82) is 0 Å². The van der Waals surface area contributed by atoms with Crippen LogP contribution in [0.5, 0.6) is 5.75 Å². The summed E-state index contributed by atoms with van der Waals surface area (Å²) in [5, 5.41) is 0. The SMILES string of the molecule is C=CC1CC(=O)N(c2cc(OC)ccc2Br)C1. The average molecular weight is 296 g/mol. The number of ether oxygens (including phenoxy) is 1. The Balaban J connectivity index is 2.33. The van der Waals surface area contributed by atoms with Crippen molar-refractivity contribution in [1.82, 2.24) is 0 Å². The highest BCUT2D eigenvalue weighted by Crippen LogP contribution is 2.34. The van der Waals surface area contributed by atoms with Crippen LogP contribution in [0.2, 0.25) is 0 Å². The fourth-order valence-electron chi connectivity index (χ4n) is 1.95. The van der Waals surface area contributed by atoms with Crippen molar-refractivity contribution < 1.29 is 9.53 Å². The van der Waals surface area contributed by atoms with Crippen LogP contribution in [0.4, 0.5) is 5.69 Å². The number of hydrogen-bond donors (Lipinski definition) is 0. The van der Waals surface area contributed by atoms with Gasteiger partial charge in [-0.2, -0.15) is 0 Å². The van der Waals surface area contributed by atoms with Crippen LogP contribution < -0.4 is 9.64 Å². The summed E-state index contributed by atoms with van der Waals surface area (Å²) < 4.78 is 6.08. The molecule has 1 saturated heterocycles. The van der Waals surface area contributed by atoms with Crippen molar-refractivity contribution in [3.05, 3.63) is 35.3 Å². The van der Waals surface area contributed by atoms with Crippen LogP contribution in [0.25, 0.3) is 0 Å². The summed E-state index contributed by atoms with van der Waals surface area (Å²) in [6, 6.07) is 5.62. The van der Waals surface area contributed by atoms with E-state index < -0.39 is 0 Å². The molecule has 1 fully saturated rings. The number of carbonyl (C=O) groups is 1. The van der Waals surface area contributed by atoms with Crippen LogP contribution in [0.1, 0.15) is 6.42 Å². The number of nitrogens with zero attached hydrogens (tertiary/aromatic N) is 1. The molecule has 0 saturated carbocycles. The third kappa shape index (κ3) is 2.36. The molecule has 1 unspecified atom stereocenters. The molecule has 1 aliphatic heterocycles. The second-order valence-electron chi connectivity index (χ2n) is 4.02. The standard InChI is InChI=1S/C13H14BrNO2/c1-3-9-6-13(16)15(8-9)12-7-10(17-2)4-5-11(12)14/h3-5,7,9H,1,6,8H2,2H3. The summed E-state index contributed by atoms with van der Waals surface area (Å²) in [7, 11) is 1.62. The molecule has 1 aromatic rings. The van der Waals surface area contributed by atoms with Gasteiger partial charge in [0.15, 0.2) is 0 Å². The van der Waals surface area contributed by atoms with E-state index in [0.717, 1.165) is 15.9 Å². The predicted molar refractivity (Wildman–Crippen MR) is 71.4 cm³/mol. The molecule has 3 nitrogen and oxygen atoms in total. The molecule has 0 radical (unpaired) electrons. The monoisotopic (exact) mass is 295 g/mol. The van der Waals surface area contributed by atoms with E-state index in [1.54, 1.807) is 12.0 Å². The minimum absolute atomic E-state index is 0.129. The topological polar surface area (TPSA) is 29.5 Å².